The molecule has 18 heavy (non-hydrogen) atoms. The number of amides is 1. The smallest absolute Gasteiger partial charge is 0.267 e. The lowest BCUT2D eigenvalue weighted by Gasteiger charge is -2.05. The second-order valence-corrected chi connectivity index (χ2v) is 5.22. The number of carbonyl (C=O) groups is 1. The van der Waals surface area contributed by atoms with Gasteiger partial charge in [0, 0.05) is 21.9 Å². The molecule has 0 spiro atoms. The summed E-state index contributed by atoms with van der Waals surface area (Å²) < 4.78 is 0.982. The molecular formula is C13H15BrN2O2. The number of rotatable bonds is 4. The number of nitrogens with one attached hydrogen (secondary N) is 2. The highest BCUT2D eigenvalue weighted by Crippen LogP contribution is 2.20. The van der Waals surface area contributed by atoms with Crippen molar-refractivity contribution in [2.45, 2.75) is 19.4 Å². The lowest BCUT2D eigenvalue weighted by molar-refractivity contribution is 0.0941. The molecule has 0 saturated heterocycles. The minimum absolute atomic E-state index is 0.150. The molecule has 2 aromatic rings. The van der Waals surface area contributed by atoms with Crippen molar-refractivity contribution in [2.75, 3.05) is 6.54 Å². The van der Waals surface area contributed by atoms with Gasteiger partial charge in [-0.1, -0.05) is 15.9 Å². The van der Waals surface area contributed by atoms with Crippen molar-refractivity contribution in [3.8, 4) is 0 Å². The molecule has 96 valence electrons. The average molecular weight is 311 g/mol. The van der Waals surface area contributed by atoms with Crippen LogP contribution in [0.2, 0.25) is 0 Å². The summed E-state index contributed by atoms with van der Waals surface area (Å²) >= 11 is 3.39. The summed E-state index contributed by atoms with van der Waals surface area (Å²) in [5.74, 6) is -0.150. The van der Waals surface area contributed by atoms with E-state index < -0.39 is 6.10 Å². The second-order valence-electron chi connectivity index (χ2n) is 4.31. The number of benzene rings is 1. The van der Waals surface area contributed by atoms with Gasteiger partial charge in [0.25, 0.3) is 5.91 Å². The summed E-state index contributed by atoms with van der Waals surface area (Å²) in [5, 5.41) is 12.9. The molecule has 0 aliphatic heterocycles. The van der Waals surface area contributed by atoms with Gasteiger partial charge in [0.15, 0.2) is 0 Å². The molecule has 5 heteroatoms. The Bertz CT molecular complexity index is 563. The Morgan fingerprint density at radius 2 is 2.28 bits per heavy atom. The Hall–Kier alpha value is -1.33. The number of aliphatic hydroxyl groups excluding tert-OH is 1. The van der Waals surface area contributed by atoms with Gasteiger partial charge in [-0.15, -0.1) is 0 Å². The lowest BCUT2D eigenvalue weighted by Crippen LogP contribution is -2.26. The van der Waals surface area contributed by atoms with Crippen LogP contribution in [0.15, 0.2) is 28.7 Å². The Labute approximate surface area is 114 Å². The predicted molar refractivity (Wildman–Crippen MR) is 74.6 cm³/mol. The number of hydrogen-bond acceptors (Lipinski definition) is 2. The maximum Gasteiger partial charge on any atom is 0.267 e. The third-order valence-corrected chi connectivity index (χ3v) is 3.17. The van der Waals surface area contributed by atoms with Gasteiger partial charge >= 0.3 is 0 Å². The summed E-state index contributed by atoms with van der Waals surface area (Å²) in [6.07, 6.45) is 0.154. The van der Waals surface area contributed by atoms with E-state index in [2.05, 4.69) is 26.2 Å². The van der Waals surface area contributed by atoms with Gasteiger partial charge in [0.05, 0.1) is 6.10 Å². The zero-order valence-corrected chi connectivity index (χ0v) is 11.6. The number of fused-ring (bicyclic) bond motifs is 1. The fourth-order valence-corrected chi connectivity index (χ4v) is 2.09. The van der Waals surface area contributed by atoms with Crippen molar-refractivity contribution >= 4 is 32.7 Å². The first-order chi connectivity index (χ1) is 8.56. The molecule has 0 radical (unpaired) electrons. The monoisotopic (exact) mass is 310 g/mol. The van der Waals surface area contributed by atoms with Gasteiger partial charge in [-0.05, 0) is 37.6 Å². The first-order valence-corrected chi connectivity index (χ1v) is 6.60. The van der Waals surface area contributed by atoms with Crippen LogP contribution in [0.3, 0.4) is 0 Å². The predicted octanol–water partition coefficient (Wildman–Crippen LogP) is 2.43. The highest BCUT2D eigenvalue weighted by molar-refractivity contribution is 9.10. The molecule has 0 aliphatic rings. The van der Waals surface area contributed by atoms with E-state index in [0.29, 0.717) is 18.7 Å². The van der Waals surface area contributed by atoms with E-state index in [9.17, 15) is 4.79 Å². The van der Waals surface area contributed by atoms with Crippen LogP contribution in [0.1, 0.15) is 23.8 Å². The number of hydrogen-bond donors (Lipinski definition) is 3. The first kappa shape index (κ1) is 13.1. The van der Waals surface area contributed by atoms with E-state index in [-0.39, 0.29) is 5.91 Å². The van der Waals surface area contributed by atoms with Crippen LogP contribution >= 0.6 is 15.9 Å². The molecule has 4 nitrogen and oxygen atoms in total. The van der Waals surface area contributed by atoms with Crippen LogP contribution in [0.5, 0.6) is 0 Å². The van der Waals surface area contributed by atoms with Crippen molar-refractivity contribution in [1.82, 2.24) is 10.3 Å². The number of halogens is 1. The number of aromatic amines is 1. The van der Waals surface area contributed by atoms with Crippen LogP contribution in [0, 0.1) is 0 Å². The summed E-state index contributed by atoms with van der Waals surface area (Å²) in [4.78, 5) is 14.9. The van der Waals surface area contributed by atoms with Gasteiger partial charge in [-0.25, -0.2) is 0 Å². The molecule has 0 aliphatic carbocycles. The number of aromatic nitrogens is 1. The quantitative estimate of drug-likeness (QED) is 0.812. The van der Waals surface area contributed by atoms with Crippen molar-refractivity contribution in [2.24, 2.45) is 0 Å². The molecule has 0 bridgehead atoms. The molecule has 0 fully saturated rings. The molecule has 3 N–H and O–H groups in total. The minimum atomic E-state index is -0.399. The van der Waals surface area contributed by atoms with Gasteiger partial charge in [-0.2, -0.15) is 0 Å². The van der Waals surface area contributed by atoms with Crippen molar-refractivity contribution in [3.05, 3.63) is 34.4 Å². The molecule has 1 unspecified atom stereocenters. The third-order valence-electron chi connectivity index (χ3n) is 2.68. The number of carbonyl (C=O) groups excluding carboxylic acids is 1. The second kappa shape index (κ2) is 5.54. The molecule has 1 amide bonds. The Morgan fingerprint density at radius 1 is 1.50 bits per heavy atom. The fourth-order valence-electron chi connectivity index (χ4n) is 1.72. The van der Waals surface area contributed by atoms with Crippen molar-refractivity contribution in [1.29, 1.82) is 0 Å². The molecule has 0 saturated carbocycles. The minimum Gasteiger partial charge on any atom is -0.393 e. The van der Waals surface area contributed by atoms with Crippen LogP contribution in [-0.2, 0) is 0 Å². The van der Waals surface area contributed by atoms with E-state index in [1.54, 1.807) is 6.92 Å². The fraction of sp³-hybridized carbons (Fsp3) is 0.308. The first-order valence-electron chi connectivity index (χ1n) is 5.81. The topological polar surface area (TPSA) is 65.1 Å². The van der Waals surface area contributed by atoms with Crippen LogP contribution in [0.4, 0.5) is 0 Å². The van der Waals surface area contributed by atoms with E-state index in [1.807, 2.05) is 24.3 Å². The number of H-pyrrole nitrogens is 1. The largest absolute Gasteiger partial charge is 0.393 e. The van der Waals surface area contributed by atoms with Crippen molar-refractivity contribution in [3.63, 3.8) is 0 Å². The summed E-state index contributed by atoms with van der Waals surface area (Å²) in [5.41, 5.74) is 1.47. The van der Waals surface area contributed by atoms with Crippen LogP contribution in [-0.4, -0.2) is 28.6 Å². The maximum absolute atomic E-state index is 11.8. The number of aliphatic hydroxyl groups is 1. The highest BCUT2D eigenvalue weighted by atomic mass is 79.9. The standard InChI is InChI=1S/C13H15BrN2O2/c1-8(17)4-5-15-13(18)12-7-9-6-10(14)2-3-11(9)16-12/h2-3,6-8,16-17H,4-5H2,1H3,(H,15,18). The van der Waals surface area contributed by atoms with E-state index in [1.165, 1.54) is 0 Å². The van der Waals surface area contributed by atoms with Gasteiger partial charge in [-0.3, -0.25) is 4.79 Å². The molecule has 2 rings (SSSR count). The molecule has 1 atom stereocenters. The van der Waals surface area contributed by atoms with E-state index >= 15 is 0 Å². The zero-order chi connectivity index (χ0) is 13.1. The Balaban J connectivity index is 2.08. The Kier molecular flexibility index (Phi) is 4.04. The van der Waals surface area contributed by atoms with Crippen molar-refractivity contribution < 1.29 is 9.90 Å². The normalized spacial score (nSPS) is 12.6. The van der Waals surface area contributed by atoms with Gasteiger partial charge < -0.3 is 15.4 Å². The van der Waals surface area contributed by atoms with E-state index in [0.717, 1.165) is 15.4 Å². The van der Waals surface area contributed by atoms with Crippen LogP contribution in [0.25, 0.3) is 10.9 Å². The van der Waals surface area contributed by atoms with Gasteiger partial charge in [0.2, 0.25) is 0 Å². The molecule has 1 aromatic heterocycles. The maximum atomic E-state index is 11.8. The SMILES string of the molecule is CC(O)CCNC(=O)c1cc2cc(Br)ccc2[nH]1. The molecule has 1 heterocycles. The van der Waals surface area contributed by atoms with Crippen LogP contribution < -0.4 is 5.32 Å². The molecular weight excluding hydrogens is 296 g/mol. The average Bonchev–Trinajstić information content (AvgIpc) is 2.71. The highest BCUT2D eigenvalue weighted by Gasteiger charge is 2.09. The van der Waals surface area contributed by atoms with E-state index in [4.69, 9.17) is 5.11 Å². The lowest BCUT2D eigenvalue weighted by atomic mass is 10.2. The third kappa shape index (κ3) is 3.11. The molecule has 1 aromatic carbocycles. The summed E-state index contributed by atoms with van der Waals surface area (Å²) in [6, 6.07) is 7.62. The summed E-state index contributed by atoms with van der Waals surface area (Å²) in [6.45, 7) is 2.17. The van der Waals surface area contributed by atoms with Gasteiger partial charge in [0.1, 0.15) is 5.69 Å². The zero-order valence-electron chi connectivity index (χ0n) is 10.0. The summed E-state index contributed by atoms with van der Waals surface area (Å²) in [7, 11) is 0. The Morgan fingerprint density at radius 3 is 3.00 bits per heavy atom.